The number of aromatic amines is 1. The van der Waals surface area contributed by atoms with Crippen LogP contribution in [-0.2, 0) is 4.74 Å². The SMILES string of the molecule is CCOC(=O)c1[nH]c(C)c(C(=O)Nc2cc(OC)cc(OC)c2)c1C. The first-order valence-electron chi connectivity index (χ1n) is 7.81. The van der Waals surface area contributed by atoms with Crippen molar-refractivity contribution in [2.75, 3.05) is 26.1 Å². The lowest BCUT2D eigenvalue weighted by atomic mass is 10.1. The Hall–Kier alpha value is -2.96. The second-order valence-electron chi connectivity index (χ2n) is 5.40. The largest absolute Gasteiger partial charge is 0.497 e. The summed E-state index contributed by atoms with van der Waals surface area (Å²) in [6.07, 6.45) is 0. The molecule has 2 aromatic rings. The number of H-pyrrole nitrogens is 1. The van der Waals surface area contributed by atoms with E-state index < -0.39 is 5.97 Å². The number of amides is 1. The monoisotopic (exact) mass is 346 g/mol. The highest BCUT2D eigenvalue weighted by atomic mass is 16.5. The first-order chi connectivity index (χ1) is 11.9. The van der Waals surface area contributed by atoms with Crippen molar-refractivity contribution in [2.24, 2.45) is 0 Å². The minimum Gasteiger partial charge on any atom is -0.497 e. The predicted molar refractivity (Wildman–Crippen MR) is 93.7 cm³/mol. The maximum Gasteiger partial charge on any atom is 0.355 e. The average molecular weight is 346 g/mol. The van der Waals surface area contributed by atoms with Gasteiger partial charge in [-0.3, -0.25) is 4.79 Å². The molecule has 1 aromatic carbocycles. The van der Waals surface area contributed by atoms with Gasteiger partial charge < -0.3 is 24.5 Å². The Morgan fingerprint density at radius 3 is 2.20 bits per heavy atom. The Morgan fingerprint density at radius 1 is 1.08 bits per heavy atom. The molecule has 1 amide bonds. The highest BCUT2D eigenvalue weighted by Gasteiger charge is 2.23. The summed E-state index contributed by atoms with van der Waals surface area (Å²) in [6.45, 7) is 5.43. The fourth-order valence-corrected chi connectivity index (χ4v) is 2.57. The average Bonchev–Trinajstić information content (AvgIpc) is 2.89. The van der Waals surface area contributed by atoms with Gasteiger partial charge in [0.15, 0.2) is 0 Å². The number of esters is 1. The van der Waals surface area contributed by atoms with Gasteiger partial charge in [-0.25, -0.2) is 4.79 Å². The molecule has 1 heterocycles. The molecule has 0 bridgehead atoms. The van der Waals surface area contributed by atoms with Crippen molar-refractivity contribution in [2.45, 2.75) is 20.8 Å². The second kappa shape index (κ2) is 7.74. The number of rotatable bonds is 6. The Morgan fingerprint density at radius 2 is 1.68 bits per heavy atom. The lowest BCUT2D eigenvalue weighted by molar-refractivity contribution is 0.0519. The van der Waals surface area contributed by atoms with Gasteiger partial charge in [0.2, 0.25) is 0 Å². The number of carbonyl (C=O) groups is 2. The molecule has 0 aliphatic rings. The number of nitrogens with one attached hydrogen (secondary N) is 2. The summed E-state index contributed by atoms with van der Waals surface area (Å²) in [5.74, 6) is 0.302. The van der Waals surface area contributed by atoms with Crippen LogP contribution in [0, 0.1) is 13.8 Å². The first-order valence-corrected chi connectivity index (χ1v) is 7.81. The number of methoxy groups -OCH3 is 2. The van der Waals surface area contributed by atoms with Crippen molar-refractivity contribution >= 4 is 17.6 Å². The zero-order valence-electron chi connectivity index (χ0n) is 15.0. The molecule has 0 atom stereocenters. The Kier molecular flexibility index (Phi) is 5.69. The number of hydrogen-bond acceptors (Lipinski definition) is 5. The molecule has 2 N–H and O–H groups in total. The van der Waals surface area contributed by atoms with Gasteiger partial charge in [0.1, 0.15) is 17.2 Å². The summed E-state index contributed by atoms with van der Waals surface area (Å²) in [5.41, 5.74) is 2.35. The fraction of sp³-hybridized carbons (Fsp3) is 0.333. The molecule has 0 saturated heterocycles. The number of benzene rings is 1. The molecule has 0 fully saturated rings. The summed E-state index contributed by atoms with van der Waals surface area (Å²) in [4.78, 5) is 27.6. The number of anilines is 1. The van der Waals surface area contributed by atoms with Gasteiger partial charge in [-0.15, -0.1) is 0 Å². The van der Waals surface area contributed by atoms with Gasteiger partial charge >= 0.3 is 5.97 Å². The normalized spacial score (nSPS) is 10.3. The van der Waals surface area contributed by atoms with Gasteiger partial charge in [0.25, 0.3) is 5.91 Å². The van der Waals surface area contributed by atoms with Gasteiger partial charge in [-0.05, 0) is 26.3 Å². The van der Waals surface area contributed by atoms with Crippen molar-refractivity contribution in [1.29, 1.82) is 0 Å². The van der Waals surface area contributed by atoms with E-state index in [4.69, 9.17) is 14.2 Å². The van der Waals surface area contributed by atoms with E-state index in [0.717, 1.165) is 0 Å². The maximum absolute atomic E-state index is 12.7. The summed E-state index contributed by atoms with van der Waals surface area (Å²) in [7, 11) is 3.07. The Labute approximate surface area is 146 Å². The number of aryl methyl sites for hydroxylation is 1. The Balaban J connectivity index is 2.31. The summed E-state index contributed by atoms with van der Waals surface area (Å²) in [5, 5.41) is 2.80. The van der Waals surface area contributed by atoms with Crippen LogP contribution in [0.15, 0.2) is 18.2 Å². The predicted octanol–water partition coefficient (Wildman–Crippen LogP) is 3.08. The topological polar surface area (TPSA) is 89.7 Å². The van der Waals surface area contributed by atoms with Crippen LogP contribution in [0.5, 0.6) is 11.5 Å². The minimum atomic E-state index is -0.481. The molecule has 0 spiro atoms. The molecule has 134 valence electrons. The van der Waals surface area contributed by atoms with Crippen molar-refractivity contribution in [3.63, 3.8) is 0 Å². The minimum absolute atomic E-state index is 0.265. The fourth-order valence-electron chi connectivity index (χ4n) is 2.57. The van der Waals surface area contributed by atoms with E-state index in [1.165, 1.54) is 14.2 Å². The van der Waals surface area contributed by atoms with E-state index in [1.807, 2.05) is 0 Å². The molecule has 0 aliphatic heterocycles. The number of hydrogen-bond donors (Lipinski definition) is 2. The molecule has 7 heteroatoms. The van der Waals surface area contributed by atoms with E-state index in [9.17, 15) is 9.59 Å². The van der Waals surface area contributed by atoms with Crippen molar-refractivity contribution in [1.82, 2.24) is 4.98 Å². The summed E-state index contributed by atoms with van der Waals surface area (Å²) in [6, 6.07) is 5.08. The third-order valence-electron chi connectivity index (χ3n) is 3.75. The van der Waals surface area contributed by atoms with Gasteiger partial charge in [-0.2, -0.15) is 0 Å². The molecule has 0 unspecified atom stereocenters. The summed E-state index contributed by atoms with van der Waals surface area (Å²) >= 11 is 0. The van der Waals surface area contributed by atoms with Crippen LogP contribution in [-0.4, -0.2) is 37.7 Å². The van der Waals surface area contributed by atoms with Crippen LogP contribution < -0.4 is 14.8 Å². The number of ether oxygens (including phenoxy) is 3. The van der Waals surface area contributed by atoms with Crippen molar-refractivity contribution in [3.05, 3.63) is 40.7 Å². The molecule has 7 nitrogen and oxygen atoms in total. The quantitative estimate of drug-likeness (QED) is 0.785. The highest BCUT2D eigenvalue weighted by molar-refractivity contribution is 6.08. The number of aromatic nitrogens is 1. The molecule has 25 heavy (non-hydrogen) atoms. The smallest absolute Gasteiger partial charge is 0.355 e. The van der Waals surface area contributed by atoms with Crippen molar-refractivity contribution in [3.8, 4) is 11.5 Å². The lowest BCUT2D eigenvalue weighted by Gasteiger charge is -2.10. The highest BCUT2D eigenvalue weighted by Crippen LogP contribution is 2.27. The molecule has 2 rings (SSSR count). The molecule has 0 radical (unpaired) electrons. The zero-order valence-corrected chi connectivity index (χ0v) is 15.0. The third-order valence-corrected chi connectivity index (χ3v) is 3.75. The number of carbonyl (C=O) groups excluding carboxylic acids is 2. The van der Waals surface area contributed by atoms with Gasteiger partial charge in [0, 0.05) is 29.6 Å². The van der Waals surface area contributed by atoms with Gasteiger partial charge in [0.05, 0.1) is 26.4 Å². The third kappa shape index (κ3) is 3.93. The second-order valence-corrected chi connectivity index (χ2v) is 5.40. The lowest BCUT2D eigenvalue weighted by Crippen LogP contribution is -2.14. The standard InChI is InChI=1S/C18H22N2O5/c1-6-25-18(22)16-10(2)15(11(3)19-16)17(21)20-12-7-13(23-4)9-14(8-12)24-5/h7-9,19H,6H2,1-5H3,(H,20,21). The van der Waals surface area contributed by atoms with Crippen LogP contribution in [0.25, 0.3) is 0 Å². The zero-order chi connectivity index (χ0) is 18.6. The van der Waals surface area contributed by atoms with Crippen LogP contribution >= 0.6 is 0 Å². The van der Waals surface area contributed by atoms with Crippen LogP contribution in [0.1, 0.15) is 39.0 Å². The molecular formula is C18H22N2O5. The molecule has 0 saturated carbocycles. The molecular weight excluding hydrogens is 324 g/mol. The van der Waals surface area contributed by atoms with E-state index >= 15 is 0 Å². The maximum atomic E-state index is 12.7. The molecule has 1 aromatic heterocycles. The van der Waals surface area contributed by atoms with E-state index in [0.29, 0.717) is 34.0 Å². The Bertz CT molecular complexity index is 773. The summed E-state index contributed by atoms with van der Waals surface area (Å²) < 4.78 is 15.4. The van der Waals surface area contributed by atoms with Crippen LogP contribution in [0.4, 0.5) is 5.69 Å². The van der Waals surface area contributed by atoms with Crippen LogP contribution in [0.3, 0.4) is 0 Å². The first kappa shape index (κ1) is 18.4. The van der Waals surface area contributed by atoms with Crippen LogP contribution in [0.2, 0.25) is 0 Å². The van der Waals surface area contributed by atoms with E-state index in [1.54, 1.807) is 39.0 Å². The molecule has 0 aliphatic carbocycles. The van der Waals surface area contributed by atoms with Gasteiger partial charge in [-0.1, -0.05) is 0 Å². The van der Waals surface area contributed by atoms with E-state index in [-0.39, 0.29) is 18.2 Å². The van der Waals surface area contributed by atoms with Crippen molar-refractivity contribution < 1.29 is 23.8 Å². The van der Waals surface area contributed by atoms with E-state index in [2.05, 4.69) is 10.3 Å².